The molecule has 0 atom stereocenters. The van der Waals surface area contributed by atoms with Gasteiger partial charge in [-0.1, -0.05) is 42.5 Å². The van der Waals surface area contributed by atoms with Crippen molar-refractivity contribution in [1.82, 2.24) is 0 Å². The maximum atomic E-state index is 13.0. The van der Waals surface area contributed by atoms with E-state index < -0.39 is 8.07 Å². The van der Waals surface area contributed by atoms with Gasteiger partial charge in [-0.25, -0.2) is 4.39 Å². The Bertz CT molecular complexity index is 633. The number of carbonyl (C=O) groups is 1. The quantitative estimate of drug-likeness (QED) is 0.763. The summed E-state index contributed by atoms with van der Waals surface area (Å²) in [5, 5.41) is 1.17. The average molecular weight is 316 g/mol. The molecular weight excluding hydrogens is 295 g/mol. The van der Waals surface area contributed by atoms with Crippen molar-refractivity contribution in [3.63, 3.8) is 0 Å². The third-order valence-electron chi connectivity index (χ3n) is 3.60. The Hall–Kier alpha value is -1.94. The lowest BCUT2D eigenvalue weighted by Gasteiger charge is -2.23. The number of ketones is 1. The lowest BCUT2D eigenvalue weighted by atomic mass is 10.1. The molecule has 0 unspecified atom stereocenters. The summed E-state index contributed by atoms with van der Waals surface area (Å²) in [6.45, 7) is 5.98. The number of benzene rings is 2. The van der Waals surface area contributed by atoms with E-state index in [4.69, 9.17) is 4.74 Å². The Morgan fingerprint density at radius 1 is 1.05 bits per heavy atom. The molecule has 0 saturated heterocycles. The first-order valence-electron chi connectivity index (χ1n) is 7.34. The highest BCUT2D eigenvalue weighted by Crippen LogP contribution is 2.15. The summed E-state index contributed by atoms with van der Waals surface area (Å²) in [5.74, 6) is 0.740. The predicted octanol–water partition coefficient (Wildman–Crippen LogP) is 3.49. The molecule has 0 fully saturated rings. The van der Waals surface area contributed by atoms with Crippen molar-refractivity contribution < 1.29 is 13.9 Å². The van der Waals surface area contributed by atoms with Crippen LogP contribution < -0.4 is 9.92 Å². The molecule has 2 aromatic rings. The van der Waals surface area contributed by atoms with E-state index in [-0.39, 0.29) is 11.6 Å². The van der Waals surface area contributed by atoms with E-state index in [0.29, 0.717) is 12.7 Å². The lowest BCUT2D eigenvalue weighted by Crippen LogP contribution is -2.47. The molecule has 22 heavy (non-hydrogen) atoms. The molecule has 0 aliphatic rings. The second-order valence-corrected chi connectivity index (χ2v) is 10.8. The number of Topliss-reactive ketones (excluding diaryl/α,β-unsaturated/α-hetero) is 1. The van der Waals surface area contributed by atoms with Crippen molar-refractivity contribution in [3.8, 4) is 5.75 Å². The number of ether oxygens (including phenoxy) is 1. The second-order valence-electron chi connectivity index (χ2n) is 6.20. The van der Waals surface area contributed by atoms with E-state index in [1.54, 1.807) is 6.92 Å². The molecule has 0 saturated carbocycles. The molecule has 0 aliphatic heterocycles. The smallest absolute Gasteiger partial charge is 0.134 e. The molecule has 2 rings (SSSR count). The molecule has 0 aliphatic carbocycles. The maximum absolute atomic E-state index is 13.0. The molecule has 0 aromatic heterocycles. The van der Waals surface area contributed by atoms with Crippen LogP contribution in [0, 0.1) is 5.82 Å². The molecule has 0 N–H and O–H groups in total. The number of carbonyl (C=O) groups excluding carboxylic acids is 1. The Balaban J connectivity index is 1.99. The highest BCUT2D eigenvalue weighted by Gasteiger charge is 2.24. The minimum absolute atomic E-state index is 0.151. The van der Waals surface area contributed by atoms with Gasteiger partial charge in [-0.05, 0) is 36.8 Å². The van der Waals surface area contributed by atoms with Gasteiger partial charge in [0.1, 0.15) is 25.4 Å². The Labute approximate surface area is 131 Å². The monoisotopic (exact) mass is 316 g/mol. The highest BCUT2D eigenvalue weighted by atomic mass is 28.3. The van der Waals surface area contributed by atoms with E-state index in [0.717, 1.165) is 11.3 Å². The van der Waals surface area contributed by atoms with Gasteiger partial charge in [0.15, 0.2) is 0 Å². The van der Waals surface area contributed by atoms with Crippen LogP contribution in [0.5, 0.6) is 5.75 Å². The molecule has 0 heterocycles. The fraction of sp³-hybridized carbons (Fsp3) is 0.278. The zero-order valence-corrected chi connectivity index (χ0v) is 14.2. The van der Waals surface area contributed by atoms with Crippen molar-refractivity contribution in [2.75, 3.05) is 6.23 Å². The van der Waals surface area contributed by atoms with Crippen LogP contribution in [-0.2, 0) is 11.2 Å². The molecule has 0 radical (unpaired) electrons. The maximum Gasteiger partial charge on any atom is 0.134 e. The first kappa shape index (κ1) is 16.4. The lowest BCUT2D eigenvalue weighted by molar-refractivity contribution is -0.116. The minimum atomic E-state index is -1.77. The van der Waals surface area contributed by atoms with Crippen LogP contribution in [-0.4, -0.2) is 20.1 Å². The fourth-order valence-electron chi connectivity index (χ4n) is 2.24. The van der Waals surface area contributed by atoms with Crippen molar-refractivity contribution in [1.29, 1.82) is 0 Å². The predicted molar refractivity (Wildman–Crippen MR) is 89.8 cm³/mol. The number of hydrogen-bond donors (Lipinski definition) is 0. The molecule has 116 valence electrons. The van der Waals surface area contributed by atoms with E-state index in [2.05, 4.69) is 13.1 Å². The third kappa shape index (κ3) is 4.53. The van der Waals surface area contributed by atoms with Gasteiger partial charge >= 0.3 is 0 Å². The Morgan fingerprint density at radius 3 is 2.18 bits per heavy atom. The van der Waals surface area contributed by atoms with Crippen LogP contribution in [0.1, 0.15) is 12.5 Å². The zero-order chi connectivity index (χ0) is 16.2. The summed E-state index contributed by atoms with van der Waals surface area (Å²) in [4.78, 5) is 11.1. The second kappa shape index (κ2) is 6.88. The largest absolute Gasteiger partial charge is 0.497 e. The Morgan fingerprint density at radius 2 is 1.64 bits per heavy atom. The van der Waals surface area contributed by atoms with Gasteiger partial charge < -0.3 is 4.74 Å². The number of hydrogen-bond acceptors (Lipinski definition) is 2. The van der Waals surface area contributed by atoms with Crippen LogP contribution in [0.2, 0.25) is 13.1 Å². The van der Waals surface area contributed by atoms with Crippen LogP contribution in [0.25, 0.3) is 0 Å². The summed E-state index contributed by atoms with van der Waals surface area (Å²) in [5.41, 5.74) is 0.995. The normalized spacial score (nSPS) is 11.3. The third-order valence-corrected chi connectivity index (χ3v) is 6.36. The summed E-state index contributed by atoms with van der Waals surface area (Å²) >= 11 is 0. The van der Waals surface area contributed by atoms with Crippen molar-refractivity contribution >= 4 is 19.0 Å². The minimum Gasteiger partial charge on any atom is -0.497 e. The molecule has 4 heteroatoms. The van der Waals surface area contributed by atoms with Crippen LogP contribution in [0.4, 0.5) is 4.39 Å². The summed E-state index contributed by atoms with van der Waals surface area (Å²) in [6, 6.07) is 14.3. The van der Waals surface area contributed by atoms with Crippen LogP contribution in [0.15, 0.2) is 48.5 Å². The number of rotatable bonds is 6. The standard InChI is InChI=1S/C18H21FO2Si/c1-14(20)12-15-4-8-17(9-5-15)21-13-22(2,3)18-10-6-16(19)7-11-18/h4-11H,12-13H2,1-3H3. The van der Waals surface area contributed by atoms with Gasteiger partial charge in [-0.15, -0.1) is 0 Å². The highest BCUT2D eigenvalue weighted by molar-refractivity contribution is 6.89. The van der Waals surface area contributed by atoms with Crippen molar-refractivity contribution in [2.45, 2.75) is 26.4 Å². The molecule has 0 amide bonds. The first-order chi connectivity index (χ1) is 10.4. The number of halogens is 1. The van der Waals surface area contributed by atoms with Gasteiger partial charge in [-0.2, -0.15) is 0 Å². The topological polar surface area (TPSA) is 26.3 Å². The van der Waals surface area contributed by atoms with Crippen LogP contribution in [0.3, 0.4) is 0 Å². The first-order valence-corrected chi connectivity index (χ1v) is 10.5. The van der Waals surface area contributed by atoms with Crippen LogP contribution >= 0.6 is 0 Å². The van der Waals surface area contributed by atoms with Gasteiger partial charge in [0.2, 0.25) is 0 Å². The molecule has 0 spiro atoms. The summed E-state index contributed by atoms with van der Waals surface area (Å²) in [7, 11) is -1.77. The van der Waals surface area contributed by atoms with E-state index in [1.807, 2.05) is 36.4 Å². The van der Waals surface area contributed by atoms with Gasteiger partial charge in [0.05, 0.1) is 6.23 Å². The summed E-state index contributed by atoms with van der Waals surface area (Å²) < 4.78 is 18.9. The van der Waals surface area contributed by atoms with Crippen molar-refractivity contribution in [2.24, 2.45) is 0 Å². The zero-order valence-electron chi connectivity index (χ0n) is 13.2. The van der Waals surface area contributed by atoms with E-state index in [1.165, 1.54) is 17.3 Å². The summed E-state index contributed by atoms with van der Waals surface area (Å²) in [6.07, 6.45) is 1.08. The van der Waals surface area contributed by atoms with Gasteiger partial charge in [0, 0.05) is 6.42 Å². The van der Waals surface area contributed by atoms with Gasteiger partial charge in [-0.3, -0.25) is 4.79 Å². The molecule has 2 nitrogen and oxygen atoms in total. The Kier molecular flexibility index (Phi) is 5.14. The van der Waals surface area contributed by atoms with E-state index >= 15 is 0 Å². The SMILES string of the molecule is CC(=O)Cc1ccc(OC[Si](C)(C)c2ccc(F)cc2)cc1. The van der Waals surface area contributed by atoms with Crippen molar-refractivity contribution in [3.05, 3.63) is 59.9 Å². The average Bonchev–Trinajstić information content (AvgIpc) is 2.46. The van der Waals surface area contributed by atoms with E-state index in [9.17, 15) is 9.18 Å². The molecule has 2 aromatic carbocycles. The van der Waals surface area contributed by atoms with Gasteiger partial charge in [0.25, 0.3) is 0 Å². The molecule has 0 bridgehead atoms. The fourth-order valence-corrected chi connectivity index (χ4v) is 4.00. The molecular formula is C18H21FO2Si.